The lowest BCUT2D eigenvalue weighted by Gasteiger charge is -2.38. The molecule has 4 aromatic rings. The normalized spacial score (nSPS) is 11.1. The summed E-state index contributed by atoms with van der Waals surface area (Å²) in [4.78, 5) is 0. The Morgan fingerprint density at radius 2 is 0.655 bits per heavy atom. The highest BCUT2D eigenvalue weighted by molar-refractivity contribution is 9.40. The molecule has 0 bridgehead atoms. The van der Waals surface area contributed by atoms with E-state index in [9.17, 15) is 4.57 Å². The van der Waals surface area contributed by atoms with Gasteiger partial charge >= 0.3 is 6.15 Å². The van der Waals surface area contributed by atoms with Gasteiger partial charge in [-0.3, -0.25) is 13.9 Å². The zero-order chi connectivity index (χ0) is 20.1. The van der Waals surface area contributed by atoms with E-state index in [-0.39, 0.29) is 0 Å². The molecule has 0 saturated heterocycles. The number of hydrogen-bond donors (Lipinski definition) is 0. The van der Waals surface area contributed by atoms with E-state index < -0.39 is 6.15 Å². The molecule has 0 aliphatic carbocycles. The third-order valence-corrected chi connectivity index (χ3v) is 8.31. The predicted octanol–water partition coefficient (Wildman–Crippen LogP) is 8.17. The summed E-state index contributed by atoms with van der Waals surface area (Å²) in [7, 11) is 0. The van der Waals surface area contributed by atoms with Crippen molar-refractivity contribution in [1.29, 1.82) is 0 Å². The topological polar surface area (TPSA) is 23.6 Å². The van der Waals surface area contributed by atoms with Crippen LogP contribution in [0.4, 0.5) is 22.7 Å². The van der Waals surface area contributed by atoms with Crippen molar-refractivity contribution in [1.82, 2.24) is 0 Å². The van der Waals surface area contributed by atoms with Crippen molar-refractivity contribution >= 4 is 44.4 Å². The summed E-state index contributed by atoms with van der Waals surface area (Å²) in [5, 5.41) is 0. The van der Waals surface area contributed by atoms with Crippen LogP contribution in [-0.2, 0) is 4.57 Å². The molecule has 0 aromatic heterocycles. The Bertz CT molecular complexity index is 927. The lowest BCUT2D eigenvalue weighted by molar-refractivity contribution is 0.585. The van der Waals surface area contributed by atoms with E-state index in [1.54, 1.807) is 0 Å². The number of anilines is 4. The molecule has 0 aliphatic rings. The van der Waals surface area contributed by atoms with Crippen LogP contribution in [0.2, 0.25) is 0 Å². The smallest absolute Gasteiger partial charge is 0.267 e. The molecule has 0 heterocycles. The van der Waals surface area contributed by atoms with Gasteiger partial charge in [-0.25, -0.2) is 0 Å². The molecule has 0 atom stereocenters. The summed E-state index contributed by atoms with van der Waals surface area (Å²) in [6.45, 7) is 0. The SMILES string of the molecule is O=P(Br)(N(c1ccccc1)c1ccccc1)N(c1ccccc1)c1ccccc1. The van der Waals surface area contributed by atoms with Gasteiger partial charge in [0.05, 0.1) is 0 Å². The van der Waals surface area contributed by atoms with E-state index in [0.717, 1.165) is 22.7 Å². The number of nitrogens with zero attached hydrogens (tertiary/aromatic N) is 2. The van der Waals surface area contributed by atoms with Crippen LogP contribution in [0.15, 0.2) is 121 Å². The molecule has 0 radical (unpaired) electrons. The molecule has 4 aromatic carbocycles. The third-order valence-electron chi connectivity index (χ3n) is 4.50. The number of rotatable bonds is 6. The number of para-hydroxylation sites is 4. The van der Waals surface area contributed by atoms with Gasteiger partial charge in [0.25, 0.3) is 0 Å². The molecule has 3 nitrogen and oxygen atoms in total. The van der Waals surface area contributed by atoms with Crippen molar-refractivity contribution in [3.63, 3.8) is 0 Å². The minimum atomic E-state index is -3.32. The minimum Gasteiger partial charge on any atom is -0.267 e. The van der Waals surface area contributed by atoms with E-state index in [0.29, 0.717) is 0 Å². The maximum atomic E-state index is 14.6. The maximum absolute atomic E-state index is 14.6. The van der Waals surface area contributed by atoms with Crippen LogP contribution in [0.25, 0.3) is 0 Å². The van der Waals surface area contributed by atoms with Crippen molar-refractivity contribution in [3.05, 3.63) is 121 Å². The molecule has 0 amide bonds. The molecule has 0 N–H and O–H groups in total. The van der Waals surface area contributed by atoms with Gasteiger partial charge in [0.2, 0.25) is 0 Å². The highest BCUT2D eigenvalue weighted by atomic mass is 79.9. The largest absolute Gasteiger partial charge is 0.335 e. The monoisotopic (exact) mass is 462 g/mol. The molecule has 4 rings (SSSR count). The molecule has 5 heteroatoms. The standard InChI is InChI=1S/C24H20BrN2OP/c25-29(28,26(21-13-5-1-6-14-21)22-15-7-2-8-16-22)27(23-17-9-3-10-18-23)24-19-11-4-12-20-24/h1-20H. The summed E-state index contributed by atoms with van der Waals surface area (Å²) >= 11 is 3.67. The van der Waals surface area contributed by atoms with Crippen molar-refractivity contribution in [2.45, 2.75) is 0 Å². The van der Waals surface area contributed by atoms with Crippen molar-refractivity contribution in [3.8, 4) is 0 Å². The molecular weight excluding hydrogens is 443 g/mol. The predicted molar refractivity (Wildman–Crippen MR) is 127 cm³/mol. The van der Waals surface area contributed by atoms with Gasteiger partial charge in [-0.2, -0.15) is 0 Å². The van der Waals surface area contributed by atoms with E-state index in [4.69, 9.17) is 0 Å². The Labute approximate surface area is 179 Å². The Balaban J connectivity index is 1.93. The summed E-state index contributed by atoms with van der Waals surface area (Å²) < 4.78 is 18.3. The van der Waals surface area contributed by atoms with E-state index in [1.807, 2.05) is 131 Å². The van der Waals surface area contributed by atoms with Crippen molar-refractivity contribution < 1.29 is 4.57 Å². The molecule has 0 spiro atoms. The first-order valence-corrected chi connectivity index (χ1v) is 12.9. The molecule has 0 aliphatic heterocycles. The summed E-state index contributed by atoms with van der Waals surface area (Å²) in [6, 6.07) is 39.2. The fraction of sp³-hybridized carbons (Fsp3) is 0. The zero-order valence-corrected chi connectivity index (χ0v) is 18.2. The van der Waals surface area contributed by atoms with Crippen molar-refractivity contribution in [2.75, 3.05) is 9.34 Å². The summed E-state index contributed by atoms with van der Waals surface area (Å²) in [6.07, 6.45) is -3.32. The lowest BCUT2D eigenvalue weighted by atomic mass is 10.3. The second-order valence-corrected chi connectivity index (χ2v) is 11.0. The Kier molecular flexibility index (Phi) is 5.84. The highest BCUT2D eigenvalue weighted by Gasteiger charge is 2.37. The van der Waals surface area contributed by atoms with Gasteiger partial charge in [-0.1, -0.05) is 72.8 Å². The van der Waals surface area contributed by atoms with E-state index in [1.165, 1.54) is 0 Å². The lowest BCUT2D eigenvalue weighted by Crippen LogP contribution is -2.22. The summed E-state index contributed by atoms with van der Waals surface area (Å²) in [5.74, 6) is 0. The van der Waals surface area contributed by atoms with Crippen molar-refractivity contribution in [2.24, 2.45) is 0 Å². The molecule has 0 saturated carbocycles. The van der Waals surface area contributed by atoms with Gasteiger partial charge < -0.3 is 0 Å². The van der Waals surface area contributed by atoms with Crippen LogP contribution in [0.5, 0.6) is 0 Å². The van der Waals surface area contributed by atoms with Gasteiger partial charge in [0, 0.05) is 38.2 Å². The number of hydrogen-bond acceptors (Lipinski definition) is 1. The van der Waals surface area contributed by atoms with Gasteiger partial charge in [-0.05, 0) is 48.5 Å². The van der Waals surface area contributed by atoms with Crippen LogP contribution in [0.1, 0.15) is 0 Å². The van der Waals surface area contributed by atoms with Crippen LogP contribution in [-0.4, -0.2) is 0 Å². The third kappa shape index (κ3) is 4.14. The fourth-order valence-electron chi connectivity index (χ4n) is 3.23. The molecule has 144 valence electrons. The average Bonchev–Trinajstić information content (AvgIpc) is 2.77. The first-order chi connectivity index (χ1) is 14.2. The maximum Gasteiger partial charge on any atom is 0.335 e. The van der Waals surface area contributed by atoms with Gasteiger partial charge in [-0.15, -0.1) is 0 Å². The van der Waals surface area contributed by atoms with Gasteiger partial charge in [0.1, 0.15) is 0 Å². The van der Waals surface area contributed by atoms with Crippen LogP contribution >= 0.6 is 21.6 Å². The molecule has 0 unspecified atom stereocenters. The number of benzene rings is 4. The van der Waals surface area contributed by atoms with E-state index in [2.05, 4.69) is 15.5 Å². The average molecular weight is 463 g/mol. The quantitative estimate of drug-likeness (QED) is 0.270. The second-order valence-electron chi connectivity index (χ2n) is 6.44. The molecular formula is C24H20BrN2OP. The molecule has 0 fully saturated rings. The first-order valence-electron chi connectivity index (χ1n) is 9.29. The fourth-order valence-corrected chi connectivity index (χ4v) is 7.28. The van der Waals surface area contributed by atoms with Crippen LogP contribution in [0.3, 0.4) is 0 Å². The Morgan fingerprint density at radius 3 is 0.862 bits per heavy atom. The Morgan fingerprint density at radius 1 is 0.448 bits per heavy atom. The molecule has 29 heavy (non-hydrogen) atoms. The van der Waals surface area contributed by atoms with Gasteiger partial charge in [0.15, 0.2) is 0 Å². The minimum absolute atomic E-state index is 0.843. The van der Waals surface area contributed by atoms with Crippen LogP contribution < -0.4 is 9.34 Å². The highest BCUT2D eigenvalue weighted by Crippen LogP contribution is 2.68. The number of halogens is 1. The second kappa shape index (κ2) is 8.69. The zero-order valence-electron chi connectivity index (χ0n) is 15.7. The Hall–Kier alpha value is -2.81. The van der Waals surface area contributed by atoms with Crippen LogP contribution in [0, 0.1) is 0 Å². The first kappa shape index (κ1) is 19.5. The van der Waals surface area contributed by atoms with E-state index >= 15 is 0 Å². The summed E-state index contributed by atoms with van der Waals surface area (Å²) in [5.41, 5.74) is 3.37.